The summed E-state index contributed by atoms with van der Waals surface area (Å²) in [6.07, 6.45) is 4.01. The van der Waals surface area contributed by atoms with Crippen molar-refractivity contribution in [1.29, 1.82) is 5.26 Å². The van der Waals surface area contributed by atoms with Gasteiger partial charge >= 0.3 is 0 Å². The standard InChI is InChI=1S/C9H10ClN3S/c1-7(2-3-10)14-9-8(6-11)12-4-5-13-9/h4-5,7H,2-3H2,1H3. The van der Waals surface area contributed by atoms with E-state index in [0.29, 0.717) is 21.8 Å². The molecule has 14 heavy (non-hydrogen) atoms. The third-order valence-corrected chi connectivity index (χ3v) is 2.98. The molecule has 0 spiro atoms. The Morgan fingerprint density at radius 1 is 1.57 bits per heavy atom. The molecule has 1 unspecified atom stereocenters. The Hall–Kier alpha value is -0.790. The molecule has 1 heterocycles. The third kappa shape index (κ3) is 3.17. The minimum Gasteiger partial charge on any atom is -0.245 e. The molecule has 1 aromatic heterocycles. The number of rotatable bonds is 4. The molecule has 0 fully saturated rings. The second kappa shape index (κ2) is 5.84. The molecule has 0 bridgehead atoms. The summed E-state index contributed by atoms with van der Waals surface area (Å²) >= 11 is 7.16. The fraction of sp³-hybridized carbons (Fsp3) is 0.444. The van der Waals surface area contributed by atoms with Crippen LogP contribution in [0.2, 0.25) is 0 Å². The quantitative estimate of drug-likeness (QED) is 0.586. The Morgan fingerprint density at radius 3 is 2.93 bits per heavy atom. The summed E-state index contributed by atoms with van der Waals surface area (Å²) in [5.74, 6) is 0.621. The van der Waals surface area contributed by atoms with Gasteiger partial charge in [0.2, 0.25) is 0 Å². The Labute approximate surface area is 92.5 Å². The summed E-state index contributed by atoms with van der Waals surface area (Å²) in [5, 5.41) is 9.81. The highest BCUT2D eigenvalue weighted by Gasteiger charge is 2.09. The molecule has 0 aliphatic rings. The average molecular weight is 228 g/mol. The van der Waals surface area contributed by atoms with Crippen LogP contribution in [0, 0.1) is 11.3 Å². The van der Waals surface area contributed by atoms with Crippen LogP contribution in [0.3, 0.4) is 0 Å². The van der Waals surface area contributed by atoms with Gasteiger partial charge in [0, 0.05) is 23.5 Å². The zero-order valence-corrected chi connectivity index (χ0v) is 9.35. The van der Waals surface area contributed by atoms with E-state index in [4.69, 9.17) is 16.9 Å². The molecule has 3 nitrogen and oxygen atoms in total. The molecule has 1 aromatic rings. The summed E-state index contributed by atoms with van der Waals surface area (Å²) in [4.78, 5) is 8.04. The van der Waals surface area contributed by atoms with Gasteiger partial charge in [-0.15, -0.1) is 23.4 Å². The highest BCUT2D eigenvalue weighted by Crippen LogP contribution is 2.24. The summed E-state index contributed by atoms with van der Waals surface area (Å²) < 4.78 is 0. The maximum atomic E-state index is 8.77. The number of nitriles is 1. The highest BCUT2D eigenvalue weighted by atomic mass is 35.5. The molecule has 5 heteroatoms. The number of alkyl halides is 1. The Bertz CT molecular complexity index is 337. The second-order valence-electron chi connectivity index (χ2n) is 2.73. The molecule has 0 radical (unpaired) electrons. The lowest BCUT2D eigenvalue weighted by Crippen LogP contribution is -1.99. The molecule has 0 aliphatic carbocycles. The monoisotopic (exact) mass is 227 g/mol. The molecule has 0 N–H and O–H groups in total. The fourth-order valence-corrected chi connectivity index (χ4v) is 2.30. The van der Waals surface area contributed by atoms with Crippen molar-refractivity contribution in [1.82, 2.24) is 9.97 Å². The van der Waals surface area contributed by atoms with Gasteiger partial charge in [-0.25, -0.2) is 9.97 Å². The van der Waals surface area contributed by atoms with E-state index in [0.717, 1.165) is 6.42 Å². The van der Waals surface area contributed by atoms with Crippen LogP contribution in [0.25, 0.3) is 0 Å². The van der Waals surface area contributed by atoms with Crippen LogP contribution in [0.5, 0.6) is 0 Å². The van der Waals surface area contributed by atoms with E-state index in [1.165, 1.54) is 18.0 Å². The molecule has 0 saturated carbocycles. The first-order valence-electron chi connectivity index (χ1n) is 4.21. The van der Waals surface area contributed by atoms with E-state index >= 15 is 0 Å². The summed E-state index contributed by atoms with van der Waals surface area (Å²) in [6.45, 7) is 2.06. The first kappa shape index (κ1) is 11.3. The molecule has 0 amide bonds. The molecule has 74 valence electrons. The molecule has 0 saturated heterocycles. The van der Waals surface area contributed by atoms with Crippen molar-refractivity contribution >= 4 is 23.4 Å². The predicted molar refractivity (Wildman–Crippen MR) is 57.4 cm³/mol. The van der Waals surface area contributed by atoms with Gasteiger partial charge in [-0.2, -0.15) is 5.26 Å². The number of nitrogens with zero attached hydrogens (tertiary/aromatic N) is 3. The summed E-state index contributed by atoms with van der Waals surface area (Å²) in [7, 11) is 0. The van der Waals surface area contributed by atoms with Crippen molar-refractivity contribution in [3.05, 3.63) is 18.1 Å². The number of halogens is 1. The molecule has 0 aromatic carbocycles. The highest BCUT2D eigenvalue weighted by molar-refractivity contribution is 7.99. The number of aromatic nitrogens is 2. The van der Waals surface area contributed by atoms with Crippen LogP contribution in [0.15, 0.2) is 17.4 Å². The van der Waals surface area contributed by atoms with Crippen LogP contribution in [0.4, 0.5) is 0 Å². The van der Waals surface area contributed by atoms with Crippen molar-refractivity contribution in [2.45, 2.75) is 23.6 Å². The fourth-order valence-electron chi connectivity index (χ4n) is 0.891. The van der Waals surface area contributed by atoms with Crippen LogP contribution in [-0.2, 0) is 0 Å². The number of hydrogen-bond acceptors (Lipinski definition) is 4. The molecular formula is C9H10ClN3S. The van der Waals surface area contributed by atoms with Crippen molar-refractivity contribution in [3.8, 4) is 6.07 Å². The average Bonchev–Trinajstić information content (AvgIpc) is 2.19. The Morgan fingerprint density at radius 2 is 2.29 bits per heavy atom. The number of hydrogen-bond donors (Lipinski definition) is 0. The van der Waals surface area contributed by atoms with Crippen LogP contribution < -0.4 is 0 Å². The lowest BCUT2D eigenvalue weighted by molar-refractivity contribution is 0.902. The van der Waals surface area contributed by atoms with Gasteiger partial charge in [-0.05, 0) is 6.42 Å². The van der Waals surface area contributed by atoms with E-state index in [1.807, 2.05) is 6.07 Å². The minimum atomic E-state index is 0.358. The zero-order chi connectivity index (χ0) is 10.4. The predicted octanol–water partition coefficient (Wildman–Crippen LogP) is 2.46. The first-order chi connectivity index (χ1) is 6.77. The molecule has 1 rings (SSSR count). The SMILES string of the molecule is CC(CCCl)Sc1nccnc1C#N. The lowest BCUT2D eigenvalue weighted by atomic mass is 10.4. The maximum Gasteiger partial charge on any atom is 0.172 e. The van der Waals surface area contributed by atoms with Crippen LogP contribution in [-0.4, -0.2) is 21.1 Å². The third-order valence-electron chi connectivity index (χ3n) is 1.60. The normalized spacial score (nSPS) is 12.1. The van der Waals surface area contributed by atoms with Crippen molar-refractivity contribution in [2.24, 2.45) is 0 Å². The van der Waals surface area contributed by atoms with Gasteiger partial charge in [-0.3, -0.25) is 0 Å². The van der Waals surface area contributed by atoms with Gasteiger partial charge in [0.15, 0.2) is 5.69 Å². The topological polar surface area (TPSA) is 49.6 Å². The van der Waals surface area contributed by atoms with Crippen molar-refractivity contribution < 1.29 is 0 Å². The minimum absolute atomic E-state index is 0.358. The zero-order valence-electron chi connectivity index (χ0n) is 7.77. The van der Waals surface area contributed by atoms with Gasteiger partial charge < -0.3 is 0 Å². The van der Waals surface area contributed by atoms with Gasteiger partial charge in [0.05, 0.1) is 0 Å². The summed E-state index contributed by atoms with van der Waals surface area (Å²) in [5.41, 5.74) is 0.388. The van der Waals surface area contributed by atoms with Gasteiger partial charge in [-0.1, -0.05) is 6.92 Å². The van der Waals surface area contributed by atoms with Crippen molar-refractivity contribution in [3.63, 3.8) is 0 Å². The van der Waals surface area contributed by atoms with Gasteiger partial charge in [0.25, 0.3) is 0 Å². The molecule has 0 aliphatic heterocycles. The largest absolute Gasteiger partial charge is 0.245 e. The van der Waals surface area contributed by atoms with E-state index in [1.54, 1.807) is 6.20 Å². The van der Waals surface area contributed by atoms with E-state index in [2.05, 4.69) is 16.9 Å². The first-order valence-corrected chi connectivity index (χ1v) is 5.63. The van der Waals surface area contributed by atoms with Crippen molar-refractivity contribution in [2.75, 3.05) is 5.88 Å². The van der Waals surface area contributed by atoms with Crippen LogP contribution in [0.1, 0.15) is 19.0 Å². The molecular weight excluding hydrogens is 218 g/mol. The van der Waals surface area contributed by atoms with E-state index in [9.17, 15) is 0 Å². The maximum absolute atomic E-state index is 8.77. The Balaban J connectivity index is 2.71. The summed E-state index contributed by atoms with van der Waals surface area (Å²) in [6, 6.07) is 2.02. The second-order valence-corrected chi connectivity index (χ2v) is 4.53. The van der Waals surface area contributed by atoms with E-state index in [-0.39, 0.29) is 0 Å². The Kier molecular flexibility index (Phi) is 4.71. The number of thioether (sulfide) groups is 1. The van der Waals surface area contributed by atoms with Crippen LogP contribution >= 0.6 is 23.4 Å². The lowest BCUT2D eigenvalue weighted by Gasteiger charge is -2.08. The van der Waals surface area contributed by atoms with E-state index < -0.39 is 0 Å². The smallest absolute Gasteiger partial charge is 0.172 e. The van der Waals surface area contributed by atoms with Gasteiger partial charge in [0.1, 0.15) is 11.1 Å². The molecule has 1 atom stereocenters.